The van der Waals surface area contributed by atoms with Crippen LogP contribution in [0.1, 0.15) is 18.4 Å². The first-order valence-electron chi connectivity index (χ1n) is 5.91. The lowest BCUT2D eigenvalue weighted by Gasteiger charge is -2.20. The first kappa shape index (κ1) is 12.5. The summed E-state index contributed by atoms with van der Waals surface area (Å²) >= 11 is 1.65. The second kappa shape index (κ2) is 6.14. The second-order valence-electron chi connectivity index (χ2n) is 4.41. The van der Waals surface area contributed by atoms with E-state index in [2.05, 4.69) is 10.7 Å². The molecule has 0 aromatic carbocycles. The first-order chi connectivity index (χ1) is 8.28. The van der Waals surface area contributed by atoms with Gasteiger partial charge in [0.15, 0.2) is 0 Å². The molecule has 1 fully saturated rings. The molecular formula is C12H18N2O2S. The van der Waals surface area contributed by atoms with Crippen LogP contribution in [0.15, 0.2) is 16.8 Å². The topological polar surface area (TPSA) is 52.6 Å². The monoisotopic (exact) mass is 254 g/mol. The van der Waals surface area contributed by atoms with Gasteiger partial charge >= 0.3 is 0 Å². The molecule has 0 saturated heterocycles. The van der Waals surface area contributed by atoms with Crippen molar-refractivity contribution in [2.45, 2.75) is 25.4 Å². The van der Waals surface area contributed by atoms with E-state index in [-0.39, 0.29) is 12.5 Å². The smallest absolute Gasteiger partial charge is 0.234 e. The minimum atomic E-state index is 0.0659. The van der Waals surface area contributed by atoms with Crippen molar-refractivity contribution in [3.8, 4) is 0 Å². The Morgan fingerprint density at radius 1 is 1.59 bits per heavy atom. The summed E-state index contributed by atoms with van der Waals surface area (Å²) in [6, 6.07) is 2.45. The normalized spacial score (nSPS) is 15.2. The number of thiophene rings is 1. The van der Waals surface area contributed by atoms with E-state index in [4.69, 9.17) is 5.11 Å². The average molecular weight is 254 g/mol. The fourth-order valence-corrected chi connectivity index (χ4v) is 2.36. The zero-order chi connectivity index (χ0) is 12.1. The molecule has 1 aromatic heterocycles. The Labute approximate surface area is 105 Å². The van der Waals surface area contributed by atoms with Gasteiger partial charge in [-0.15, -0.1) is 0 Å². The highest BCUT2D eigenvalue weighted by molar-refractivity contribution is 7.07. The molecule has 2 N–H and O–H groups in total. The molecule has 17 heavy (non-hydrogen) atoms. The van der Waals surface area contributed by atoms with E-state index in [1.54, 1.807) is 11.3 Å². The Bertz CT molecular complexity index is 349. The number of nitrogens with zero attached hydrogens (tertiary/aromatic N) is 1. The maximum absolute atomic E-state index is 11.7. The van der Waals surface area contributed by atoms with Crippen LogP contribution in [-0.2, 0) is 11.3 Å². The van der Waals surface area contributed by atoms with Gasteiger partial charge in [0.2, 0.25) is 5.91 Å². The van der Waals surface area contributed by atoms with Crippen LogP contribution in [0.3, 0.4) is 0 Å². The molecule has 4 nitrogen and oxygen atoms in total. The molecule has 0 radical (unpaired) electrons. The lowest BCUT2D eigenvalue weighted by Crippen LogP contribution is -2.39. The van der Waals surface area contributed by atoms with Crippen LogP contribution in [0.2, 0.25) is 0 Å². The lowest BCUT2D eigenvalue weighted by molar-refractivity contribution is -0.122. The van der Waals surface area contributed by atoms with Crippen molar-refractivity contribution < 1.29 is 9.90 Å². The van der Waals surface area contributed by atoms with Crippen molar-refractivity contribution in [1.82, 2.24) is 10.2 Å². The van der Waals surface area contributed by atoms with E-state index in [0.29, 0.717) is 19.1 Å². The quantitative estimate of drug-likeness (QED) is 0.757. The molecule has 1 heterocycles. The average Bonchev–Trinajstić information content (AvgIpc) is 2.93. The third-order valence-electron chi connectivity index (χ3n) is 2.71. The van der Waals surface area contributed by atoms with Crippen LogP contribution in [0.4, 0.5) is 0 Å². The van der Waals surface area contributed by atoms with Crippen molar-refractivity contribution in [1.29, 1.82) is 0 Å². The summed E-state index contributed by atoms with van der Waals surface area (Å²) < 4.78 is 0. The Morgan fingerprint density at radius 2 is 2.41 bits per heavy atom. The number of carbonyl (C=O) groups is 1. The predicted octanol–water partition coefficient (Wildman–Crippen LogP) is 0.821. The van der Waals surface area contributed by atoms with Crippen LogP contribution < -0.4 is 5.32 Å². The number of aliphatic hydroxyl groups is 1. The molecule has 5 heteroatoms. The van der Waals surface area contributed by atoms with E-state index >= 15 is 0 Å². The second-order valence-corrected chi connectivity index (χ2v) is 5.19. The number of nitrogens with one attached hydrogen (secondary N) is 1. The molecular weight excluding hydrogens is 236 g/mol. The van der Waals surface area contributed by atoms with Gasteiger partial charge in [-0.05, 0) is 35.2 Å². The van der Waals surface area contributed by atoms with Gasteiger partial charge in [-0.25, -0.2) is 0 Å². The summed E-state index contributed by atoms with van der Waals surface area (Å²) in [5.74, 6) is 0.0659. The van der Waals surface area contributed by atoms with Crippen LogP contribution in [0.25, 0.3) is 0 Å². The highest BCUT2D eigenvalue weighted by Crippen LogP contribution is 2.18. The molecule has 1 aliphatic rings. The molecule has 0 atom stereocenters. The number of carbonyl (C=O) groups excluding carboxylic acids is 1. The van der Waals surface area contributed by atoms with E-state index in [0.717, 1.165) is 19.4 Å². The molecule has 1 aromatic rings. The first-order valence-corrected chi connectivity index (χ1v) is 6.86. The van der Waals surface area contributed by atoms with E-state index in [1.165, 1.54) is 5.56 Å². The van der Waals surface area contributed by atoms with Crippen LogP contribution in [0, 0.1) is 0 Å². The summed E-state index contributed by atoms with van der Waals surface area (Å²) in [5.41, 5.74) is 1.20. The summed E-state index contributed by atoms with van der Waals surface area (Å²) in [5, 5.41) is 16.1. The van der Waals surface area contributed by atoms with Gasteiger partial charge < -0.3 is 10.4 Å². The molecule has 0 spiro atoms. The third kappa shape index (κ3) is 4.46. The van der Waals surface area contributed by atoms with Crippen LogP contribution in [0.5, 0.6) is 0 Å². The van der Waals surface area contributed by atoms with E-state index < -0.39 is 0 Å². The Hall–Kier alpha value is -0.910. The maximum atomic E-state index is 11.7. The number of amides is 1. The summed E-state index contributed by atoms with van der Waals surface area (Å²) in [6.07, 6.45) is 2.21. The number of hydrogen-bond acceptors (Lipinski definition) is 4. The fourth-order valence-electron chi connectivity index (χ4n) is 1.70. The van der Waals surface area contributed by atoms with Crippen molar-refractivity contribution in [3.63, 3.8) is 0 Å². The van der Waals surface area contributed by atoms with Gasteiger partial charge in [0.1, 0.15) is 0 Å². The molecule has 94 valence electrons. The minimum absolute atomic E-state index is 0.0659. The number of rotatable bonds is 7. The van der Waals surface area contributed by atoms with Crippen molar-refractivity contribution in [2.24, 2.45) is 0 Å². The summed E-state index contributed by atoms with van der Waals surface area (Å²) in [7, 11) is 0. The highest BCUT2D eigenvalue weighted by Gasteiger charge is 2.23. The molecule has 1 saturated carbocycles. The molecule has 1 aliphatic carbocycles. The van der Waals surface area contributed by atoms with E-state index in [1.807, 2.05) is 16.3 Å². The summed E-state index contributed by atoms with van der Waals surface area (Å²) in [4.78, 5) is 13.6. The highest BCUT2D eigenvalue weighted by atomic mass is 32.1. The Balaban J connectivity index is 1.80. The molecule has 1 amide bonds. The van der Waals surface area contributed by atoms with Gasteiger partial charge in [-0.2, -0.15) is 11.3 Å². The van der Waals surface area contributed by atoms with Gasteiger partial charge in [0, 0.05) is 19.1 Å². The molecule has 0 unspecified atom stereocenters. The van der Waals surface area contributed by atoms with Crippen molar-refractivity contribution >= 4 is 17.2 Å². The fraction of sp³-hybridized carbons (Fsp3) is 0.583. The van der Waals surface area contributed by atoms with Gasteiger partial charge in [-0.1, -0.05) is 0 Å². The SMILES string of the molecule is O=C(CN(CCO)Cc1ccsc1)NC1CC1. The van der Waals surface area contributed by atoms with Gasteiger partial charge in [0.25, 0.3) is 0 Å². The maximum Gasteiger partial charge on any atom is 0.234 e. The van der Waals surface area contributed by atoms with Crippen molar-refractivity contribution in [3.05, 3.63) is 22.4 Å². The van der Waals surface area contributed by atoms with E-state index in [9.17, 15) is 4.79 Å². The number of aliphatic hydroxyl groups excluding tert-OH is 1. The minimum Gasteiger partial charge on any atom is -0.395 e. The van der Waals surface area contributed by atoms with Crippen LogP contribution >= 0.6 is 11.3 Å². The van der Waals surface area contributed by atoms with Gasteiger partial charge in [0.05, 0.1) is 13.2 Å². The lowest BCUT2D eigenvalue weighted by atomic mass is 10.3. The zero-order valence-electron chi connectivity index (χ0n) is 9.76. The van der Waals surface area contributed by atoms with Crippen molar-refractivity contribution in [2.75, 3.05) is 19.7 Å². The Morgan fingerprint density at radius 3 is 3.00 bits per heavy atom. The zero-order valence-corrected chi connectivity index (χ0v) is 10.6. The predicted molar refractivity (Wildman–Crippen MR) is 67.8 cm³/mol. The summed E-state index contributed by atoms with van der Waals surface area (Å²) in [6.45, 7) is 1.71. The largest absolute Gasteiger partial charge is 0.395 e. The molecule has 0 bridgehead atoms. The Kier molecular flexibility index (Phi) is 4.53. The standard InChI is InChI=1S/C12H18N2O2S/c15-5-4-14(7-10-3-6-17-9-10)8-12(16)13-11-1-2-11/h3,6,9,11,15H,1-2,4-5,7-8H2,(H,13,16). The molecule has 2 rings (SSSR count). The van der Waals surface area contributed by atoms with Gasteiger partial charge in [-0.3, -0.25) is 9.69 Å². The van der Waals surface area contributed by atoms with Crippen LogP contribution in [-0.4, -0.2) is 41.7 Å². The number of hydrogen-bond donors (Lipinski definition) is 2. The third-order valence-corrected chi connectivity index (χ3v) is 3.44. The molecule has 0 aliphatic heterocycles.